The van der Waals surface area contributed by atoms with Crippen LogP contribution in [0, 0.1) is 0 Å². The van der Waals surface area contributed by atoms with Gasteiger partial charge in [0.05, 0.1) is 20.3 Å². The van der Waals surface area contributed by atoms with Crippen LogP contribution in [0.3, 0.4) is 0 Å². The summed E-state index contributed by atoms with van der Waals surface area (Å²) in [4.78, 5) is 12.4. The fourth-order valence-electron chi connectivity index (χ4n) is 2.67. The molecule has 0 radical (unpaired) electrons. The third-order valence-electron chi connectivity index (χ3n) is 4.30. The highest BCUT2D eigenvalue weighted by atomic mass is 19.4. The Balaban J connectivity index is 2.15. The van der Waals surface area contributed by atoms with Gasteiger partial charge in [-0.2, -0.15) is 13.2 Å². The predicted octanol–water partition coefficient (Wildman–Crippen LogP) is 4.07. The summed E-state index contributed by atoms with van der Waals surface area (Å²) >= 11 is 0. The number of ether oxygens (including phenoxy) is 3. The van der Waals surface area contributed by atoms with E-state index in [1.807, 2.05) is 12.1 Å². The summed E-state index contributed by atoms with van der Waals surface area (Å²) in [7, 11) is 3.11. The molecule has 2 aromatic carbocycles. The highest BCUT2D eigenvalue weighted by Crippen LogP contribution is 2.23. The normalized spacial score (nSPS) is 13.4. The minimum Gasteiger partial charge on any atom is -0.497 e. The average Bonchev–Trinajstić information content (AvgIpc) is 2.71. The highest BCUT2D eigenvalue weighted by Gasteiger charge is 2.30. The molecule has 1 N–H and O–H groups in total. The summed E-state index contributed by atoms with van der Waals surface area (Å²) in [5.74, 6) is 0.738. The lowest BCUT2D eigenvalue weighted by atomic mass is 9.98. The van der Waals surface area contributed by atoms with Gasteiger partial charge in [-0.1, -0.05) is 24.3 Å². The molecule has 5 nitrogen and oxygen atoms in total. The van der Waals surface area contributed by atoms with Gasteiger partial charge in [-0.05, 0) is 48.7 Å². The number of carbonyl (C=O) groups excluding carboxylic acids is 1. The van der Waals surface area contributed by atoms with E-state index in [1.165, 1.54) is 6.92 Å². The van der Waals surface area contributed by atoms with Crippen molar-refractivity contribution in [2.24, 2.45) is 0 Å². The molecule has 0 saturated heterocycles. The molecule has 2 rings (SSSR count). The van der Waals surface area contributed by atoms with E-state index in [2.05, 4.69) is 10.1 Å². The number of hydrogen-bond acceptors (Lipinski definition) is 4. The highest BCUT2D eigenvalue weighted by molar-refractivity contribution is 5.80. The number of carbonyl (C=O) groups is 1. The molecule has 8 heteroatoms. The van der Waals surface area contributed by atoms with Crippen LogP contribution in [0.5, 0.6) is 11.5 Å². The molecule has 0 fully saturated rings. The Hall–Kier alpha value is -2.74. The summed E-state index contributed by atoms with van der Waals surface area (Å²) in [5.41, 5.74) is 1.72. The maximum absolute atomic E-state index is 12.4. The van der Waals surface area contributed by atoms with E-state index < -0.39 is 30.8 Å². The van der Waals surface area contributed by atoms with Crippen LogP contribution in [0.1, 0.15) is 24.1 Å². The Morgan fingerprint density at radius 1 is 0.966 bits per heavy atom. The van der Waals surface area contributed by atoms with Crippen LogP contribution in [-0.4, -0.2) is 39.0 Å². The molecule has 0 aliphatic heterocycles. The van der Waals surface area contributed by atoms with Crippen LogP contribution < -0.4 is 14.8 Å². The van der Waals surface area contributed by atoms with Gasteiger partial charge < -0.3 is 19.5 Å². The molecule has 0 saturated carbocycles. The number of hydrogen-bond donors (Lipinski definition) is 1. The Kier molecular flexibility index (Phi) is 7.90. The number of benzene rings is 2. The quantitative estimate of drug-likeness (QED) is 0.676. The van der Waals surface area contributed by atoms with Crippen molar-refractivity contribution in [1.82, 2.24) is 5.32 Å². The number of rotatable bonds is 9. The van der Waals surface area contributed by atoms with Gasteiger partial charge in [0.1, 0.15) is 24.2 Å². The zero-order valence-electron chi connectivity index (χ0n) is 16.5. The summed E-state index contributed by atoms with van der Waals surface area (Å²) in [6.45, 7) is -0.188. The van der Waals surface area contributed by atoms with E-state index in [-0.39, 0.29) is 0 Å². The lowest BCUT2D eigenvalue weighted by Gasteiger charge is -2.22. The average molecular weight is 411 g/mol. The molecular weight excluding hydrogens is 387 g/mol. The lowest BCUT2D eigenvalue weighted by Crippen LogP contribution is -2.39. The number of methoxy groups -OCH3 is 2. The first-order chi connectivity index (χ1) is 13.7. The second-order valence-corrected chi connectivity index (χ2v) is 6.45. The second-order valence-electron chi connectivity index (χ2n) is 6.45. The standard InChI is InChI=1S/C21H24F3NO4/c1-14(29-13-21(22,23)24)20(26)25-19(16-6-10-18(28-3)11-7-16)12-15-4-8-17(27-2)9-5-15/h4-11,14,19H,12-13H2,1-3H3,(H,25,26)/t14-,19+/m0/s1. The monoisotopic (exact) mass is 411 g/mol. The topological polar surface area (TPSA) is 56.8 Å². The van der Waals surface area contributed by atoms with Gasteiger partial charge in [0.15, 0.2) is 0 Å². The zero-order chi connectivity index (χ0) is 21.4. The van der Waals surface area contributed by atoms with Crippen LogP contribution in [0.2, 0.25) is 0 Å². The van der Waals surface area contributed by atoms with Gasteiger partial charge >= 0.3 is 6.18 Å². The molecule has 2 atom stereocenters. The molecule has 29 heavy (non-hydrogen) atoms. The molecule has 158 valence electrons. The molecule has 0 bridgehead atoms. The molecular formula is C21H24F3NO4. The van der Waals surface area contributed by atoms with Crippen LogP contribution in [0.4, 0.5) is 13.2 Å². The van der Waals surface area contributed by atoms with Crippen molar-refractivity contribution in [1.29, 1.82) is 0 Å². The van der Waals surface area contributed by atoms with Crippen LogP contribution in [-0.2, 0) is 16.0 Å². The minimum absolute atomic E-state index is 0.439. The SMILES string of the molecule is COc1ccc(C[C@@H](NC(=O)[C@H](C)OCC(F)(F)F)c2ccc(OC)cc2)cc1. The van der Waals surface area contributed by atoms with Crippen molar-refractivity contribution in [3.8, 4) is 11.5 Å². The second kappa shape index (κ2) is 10.2. The largest absolute Gasteiger partial charge is 0.497 e. The van der Waals surface area contributed by atoms with Gasteiger partial charge in [-0.3, -0.25) is 4.79 Å². The van der Waals surface area contributed by atoms with E-state index in [4.69, 9.17) is 9.47 Å². The van der Waals surface area contributed by atoms with Crippen molar-refractivity contribution < 1.29 is 32.2 Å². The predicted molar refractivity (Wildman–Crippen MR) is 102 cm³/mol. The fraction of sp³-hybridized carbons (Fsp3) is 0.381. The summed E-state index contributed by atoms with van der Waals surface area (Å²) in [6.07, 6.45) is -5.30. The number of alkyl halides is 3. The molecule has 0 aromatic heterocycles. The van der Waals surface area contributed by atoms with Gasteiger partial charge in [-0.15, -0.1) is 0 Å². The first-order valence-corrected chi connectivity index (χ1v) is 8.97. The first-order valence-electron chi connectivity index (χ1n) is 8.97. The van der Waals surface area contributed by atoms with Crippen molar-refractivity contribution in [2.75, 3.05) is 20.8 Å². The first kappa shape index (κ1) is 22.5. The third kappa shape index (κ3) is 7.30. The van der Waals surface area contributed by atoms with Crippen LogP contribution >= 0.6 is 0 Å². The van der Waals surface area contributed by atoms with Gasteiger partial charge in [0, 0.05) is 0 Å². The maximum atomic E-state index is 12.4. The molecule has 1 amide bonds. The van der Waals surface area contributed by atoms with Crippen LogP contribution in [0.15, 0.2) is 48.5 Å². The summed E-state index contributed by atoms with van der Waals surface area (Å²) < 4.78 is 52.0. The number of nitrogens with one attached hydrogen (secondary N) is 1. The summed E-state index contributed by atoms with van der Waals surface area (Å²) in [6, 6.07) is 14.0. The fourth-order valence-corrected chi connectivity index (χ4v) is 2.67. The van der Waals surface area contributed by atoms with E-state index in [0.29, 0.717) is 17.9 Å². The summed E-state index contributed by atoms with van der Waals surface area (Å²) in [5, 5.41) is 2.78. The van der Waals surface area contributed by atoms with Gasteiger partial charge in [0.25, 0.3) is 0 Å². The smallest absolute Gasteiger partial charge is 0.411 e. The third-order valence-corrected chi connectivity index (χ3v) is 4.30. The van der Waals surface area contributed by atoms with Gasteiger partial charge in [0.2, 0.25) is 5.91 Å². The zero-order valence-corrected chi connectivity index (χ0v) is 16.5. The molecule has 0 heterocycles. The molecule has 0 unspecified atom stereocenters. The van der Waals surface area contributed by atoms with Crippen molar-refractivity contribution in [3.63, 3.8) is 0 Å². The van der Waals surface area contributed by atoms with Crippen LogP contribution in [0.25, 0.3) is 0 Å². The Morgan fingerprint density at radius 2 is 1.48 bits per heavy atom. The van der Waals surface area contributed by atoms with E-state index >= 15 is 0 Å². The Morgan fingerprint density at radius 3 is 1.97 bits per heavy atom. The number of halogens is 3. The van der Waals surface area contributed by atoms with E-state index in [9.17, 15) is 18.0 Å². The van der Waals surface area contributed by atoms with E-state index in [1.54, 1.807) is 50.6 Å². The lowest BCUT2D eigenvalue weighted by molar-refractivity contribution is -0.185. The van der Waals surface area contributed by atoms with Crippen molar-refractivity contribution in [3.05, 3.63) is 59.7 Å². The Labute approximate surface area is 167 Å². The van der Waals surface area contributed by atoms with Gasteiger partial charge in [-0.25, -0.2) is 0 Å². The van der Waals surface area contributed by atoms with Crippen molar-refractivity contribution >= 4 is 5.91 Å². The molecule has 0 aliphatic rings. The van der Waals surface area contributed by atoms with Crippen molar-refractivity contribution in [2.45, 2.75) is 31.7 Å². The Bertz CT molecular complexity index is 776. The molecule has 2 aromatic rings. The minimum atomic E-state index is -4.49. The molecule has 0 spiro atoms. The number of amides is 1. The maximum Gasteiger partial charge on any atom is 0.411 e. The van der Waals surface area contributed by atoms with E-state index in [0.717, 1.165) is 11.1 Å². The molecule has 0 aliphatic carbocycles.